The molecule has 0 saturated carbocycles. The Labute approximate surface area is 208 Å². The van der Waals surface area contributed by atoms with Gasteiger partial charge in [-0.15, -0.1) is 0 Å². The Morgan fingerprint density at radius 2 is 1.81 bits per heavy atom. The summed E-state index contributed by atoms with van der Waals surface area (Å²) in [4.78, 5) is 13.4. The van der Waals surface area contributed by atoms with E-state index in [9.17, 15) is 20.1 Å². The third-order valence-electron chi connectivity index (χ3n) is 6.77. The van der Waals surface area contributed by atoms with E-state index in [4.69, 9.17) is 23.4 Å². The maximum absolute atomic E-state index is 13.4. The molecule has 0 spiro atoms. The standard InChI is InChI=1S/C27H32O9/c1-13(32-4)7-8-14-9-15(10-16-11-19(29)27(2,3)36-23(14)16)24-26(34-6)22(31)20-18(35-24)12-17(28)25(33-5)21(20)30/h9-10,12-13,19,28-30H,7-8,11H2,1-6H3. The highest BCUT2D eigenvalue weighted by molar-refractivity contribution is 5.91. The maximum atomic E-state index is 13.4. The molecular formula is C27H32O9. The van der Waals surface area contributed by atoms with Gasteiger partial charge in [0.1, 0.15) is 22.3 Å². The highest BCUT2D eigenvalue weighted by Crippen LogP contribution is 2.45. The van der Waals surface area contributed by atoms with Gasteiger partial charge in [0, 0.05) is 25.2 Å². The normalized spacial score (nSPS) is 17.4. The number of hydrogen-bond donors (Lipinski definition) is 3. The van der Waals surface area contributed by atoms with E-state index in [1.807, 2.05) is 26.8 Å². The number of aliphatic hydroxyl groups excluding tert-OH is 1. The molecule has 0 bridgehead atoms. The van der Waals surface area contributed by atoms with Crippen molar-refractivity contribution < 1.29 is 38.7 Å². The molecule has 0 fully saturated rings. The Balaban J connectivity index is 1.96. The summed E-state index contributed by atoms with van der Waals surface area (Å²) in [5, 5.41) is 31.3. The molecule has 2 aromatic carbocycles. The molecular weight excluding hydrogens is 468 g/mol. The largest absolute Gasteiger partial charge is 0.504 e. The fraction of sp³-hybridized carbons (Fsp3) is 0.444. The summed E-state index contributed by atoms with van der Waals surface area (Å²) in [6, 6.07) is 4.88. The van der Waals surface area contributed by atoms with Crippen LogP contribution in [0.1, 0.15) is 38.3 Å². The fourth-order valence-electron chi connectivity index (χ4n) is 4.48. The number of hydrogen-bond acceptors (Lipinski definition) is 9. The van der Waals surface area contributed by atoms with Crippen molar-refractivity contribution in [3.8, 4) is 40.1 Å². The summed E-state index contributed by atoms with van der Waals surface area (Å²) >= 11 is 0. The number of aryl methyl sites for hydroxylation is 1. The summed E-state index contributed by atoms with van der Waals surface area (Å²) in [5.41, 5.74) is 0.763. The molecule has 1 aliphatic rings. The molecule has 1 aromatic heterocycles. The van der Waals surface area contributed by atoms with Crippen LogP contribution >= 0.6 is 0 Å². The number of fused-ring (bicyclic) bond motifs is 2. The van der Waals surface area contributed by atoms with Crippen molar-refractivity contribution >= 4 is 11.0 Å². The van der Waals surface area contributed by atoms with Crippen molar-refractivity contribution in [1.82, 2.24) is 0 Å². The summed E-state index contributed by atoms with van der Waals surface area (Å²) < 4.78 is 28.1. The van der Waals surface area contributed by atoms with Gasteiger partial charge >= 0.3 is 0 Å². The van der Waals surface area contributed by atoms with E-state index in [1.54, 1.807) is 13.2 Å². The summed E-state index contributed by atoms with van der Waals surface area (Å²) in [7, 11) is 4.26. The SMILES string of the molecule is COc1c(O)cc2oc(-c3cc(CCC(C)OC)c4c(c3)CC(O)C(C)(C)O4)c(OC)c(=O)c2c1O. The molecule has 0 amide bonds. The van der Waals surface area contributed by atoms with Gasteiger partial charge in [-0.05, 0) is 56.9 Å². The van der Waals surface area contributed by atoms with Crippen LogP contribution in [0.25, 0.3) is 22.3 Å². The minimum atomic E-state index is -0.766. The average Bonchev–Trinajstić information content (AvgIpc) is 2.82. The second-order valence-electron chi connectivity index (χ2n) is 9.58. The molecule has 1 aliphatic heterocycles. The first-order valence-electron chi connectivity index (χ1n) is 11.7. The second kappa shape index (κ2) is 9.55. The van der Waals surface area contributed by atoms with Gasteiger partial charge in [0.05, 0.1) is 26.4 Å². The minimum absolute atomic E-state index is 0.0144. The molecule has 2 atom stereocenters. The maximum Gasteiger partial charge on any atom is 0.239 e. The molecule has 4 rings (SSSR count). The Hall–Kier alpha value is -3.43. The lowest BCUT2D eigenvalue weighted by Gasteiger charge is -2.38. The van der Waals surface area contributed by atoms with Crippen molar-refractivity contribution in [2.45, 2.75) is 57.8 Å². The molecule has 36 heavy (non-hydrogen) atoms. The number of ether oxygens (including phenoxy) is 4. The number of phenols is 2. The lowest BCUT2D eigenvalue weighted by Crippen LogP contribution is -2.46. The molecule has 3 N–H and O–H groups in total. The highest BCUT2D eigenvalue weighted by atomic mass is 16.5. The van der Waals surface area contributed by atoms with Gasteiger partial charge in [0.15, 0.2) is 17.3 Å². The first-order valence-corrected chi connectivity index (χ1v) is 11.7. The van der Waals surface area contributed by atoms with Crippen LogP contribution in [-0.4, -0.2) is 54.5 Å². The molecule has 2 heterocycles. The van der Waals surface area contributed by atoms with Gasteiger partial charge in [0.25, 0.3) is 0 Å². The summed E-state index contributed by atoms with van der Waals surface area (Å²) in [6.45, 7) is 5.66. The molecule has 2 unspecified atom stereocenters. The monoisotopic (exact) mass is 500 g/mol. The summed E-state index contributed by atoms with van der Waals surface area (Å²) in [5.74, 6) is -0.438. The zero-order valence-electron chi connectivity index (χ0n) is 21.3. The lowest BCUT2D eigenvalue weighted by molar-refractivity contribution is -0.0418. The predicted molar refractivity (Wildman–Crippen MR) is 134 cm³/mol. The van der Waals surface area contributed by atoms with Gasteiger partial charge in [0.2, 0.25) is 16.9 Å². The average molecular weight is 501 g/mol. The lowest BCUT2D eigenvalue weighted by atomic mass is 9.87. The van der Waals surface area contributed by atoms with Gasteiger partial charge < -0.3 is 38.7 Å². The Bertz CT molecular complexity index is 1360. The Kier molecular flexibility index (Phi) is 6.81. The van der Waals surface area contributed by atoms with E-state index < -0.39 is 22.9 Å². The van der Waals surface area contributed by atoms with Gasteiger partial charge in [-0.3, -0.25) is 4.79 Å². The number of methoxy groups -OCH3 is 3. The fourth-order valence-corrected chi connectivity index (χ4v) is 4.48. The number of aliphatic hydroxyl groups is 1. The van der Waals surface area contributed by atoms with Crippen LogP contribution in [0.4, 0.5) is 0 Å². The van der Waals surface area contributed by atoms with Crippen LogP contribution < -0.4 is 19.6 Å². The molecule has 9 nitrogen and oxygen atoms in total. The van der Waals surface area contributed by atoms with Crippen LogP contribution in [0.2, 0.25) is 0 Å². The van der Waals surface area contributed by atoms with E-state index in [1.165, 1.54) is 20.3 Å². The zero-order valence-corrected chi connectivity index (χ0v) is 21.3. The van der Waals surface area contributed by atoms with E-state index in [0.717, 1.165) is 17.5 Å². The number of phenolic OH excluding ortho intramolecular Hbond substituents is 2. The molecule has 0 aliphatic carbocycles. The second-order valence-corrected chi connectivity index (χ2v) is 9.58. The van der Waals surface area contributed by atoms with Crippen LogP contribution in [0, 0.1) is 0 Å². The minimum Gasteiger partial charge on any atom is -0.504 e. The van der Waals surface area contributed by atoms with Crippen LogP contribution in [0.5, 0.6) is 28.7 Å². The van der Waals surface area contributed by atoms with E-state index in [2.05, 4.69) is 0 Å². The van der Waals surface area contributed by atoms with Crippen LogP contribution in [0.15, 0.2) is 27.4 Å². The molecule has 194 valence electrons. The number of rotatable bonds is 7. The van der Waals surface area contributed by atoms with Crippen molar-refractivity contribution in [1.29, 1.82) is 0 Å². The smallest absolute Gasteiger partial charge is 0.239 e. The molecule has 3 aromatic rings. The molecule has 0 radical (unpaired) electrons. The van der Waals surface area contributed by atoms with Gasteiger partial charge in [-0.25, -0.2) is 0 Å². The van der Waals surface area contributed by atoms with E-state index in [-0.39, 0.29) is 40.1 Å². The Morgan fingerprint density at radius 3 is 2.44 bits per heavy atom. The van der Waals surface area contributed by atoms with Crippen molar-refractivity contribution in [2.24, 2.45) is 0 Å². The van der Waals surface area contributed by atoms with Crippen molar-refractivity contribution in [2.75, 3.05) is 21.3 Å². The van der Waals surface area contributed by atoms with Gasteiger partial charge in [-0.1, -0.05) is 0 Å². The van der Waals surface area contributed by atoms with Crippen molar-refractivity contribution in [3.05, 3.63) is 39.5 Å². The Morgan fingerprint density at radius 1 is 1.11 bits per heavy atom. The zero-order chi connectivity index (χ0) is 26.4. The van der Waals surface area contributed by atoms with Crippen LogP contribution in [-0.2, 0) is 17.6 Å². The van der Waals surface area contributed by atoms with E-state index in [0.29, 0.717) is 24.2 Å². The van der Waals surface area contributed by atoms with Crippen LogP contribution in [0.3, 0.4) is 0 Å². The summed E-state index contributed by atoms with van der Waals surface area (Å²) in [6.07, 6.45) is 0.968. The topological polar surface area (TPSA) is 128 Å². The van der Waals surface area contributed by atoms with E-state index >= 15 is 0 Å². The number of aromatic hydroxyl groups is 2. The first-order chi connectivity index (χ1) is 17.0. The first kappa shape index (κ1) is 25.7. The predicted octanol–water partition coefficient (Wildman–Crippen LogP) is 3.93. The third kappa shape index (κ3) is 4.33. The highest BCUT2D eigenvalue weighted by Gasteiger charge is 2.37. The molecule has 0 saturated heterocycles. The van der Waals surface area contributed by atoms with Crippen molar-refractivity contribution in [3.63, 3.8) is 0 Å². The number of benzene rings is 2. The molecule has 9 heteroatoms. The third-order valence-corrected chi connectivity index (χ3v) is 6.77. The quantitative estimate of drug-likeness (QED) is 0.442. The van der Waals surface area contributed by atoms with Gasteiger partial charge in [-0.2, -0.15) is 0 Å².